The van der Waals surface area contributed by atoms with Gasteiger partial charge in [-0.1, -0.05) is 31.2 Å². The highest BCUT2D eigenvalue weighted by molar-refractivity contribution is 14.0. The minimum absolute atomic E-state index is 0. The van der Waals surface area contributed by atoms with Crippen molar-refractivity contribution in [3.05, 3.63) is 35.4 Å². The first-order valence-corrected chi connectivity index (χ1v) is 9.05. The lowest BCUT2D eigenvalue weighted by Gasteiger charge is -2.14. The monoisotopic (exact) mass is 462 g/mol. The molecule has 6 heteroatoms. The molecule has 0 aliphatic rings. The summed E-state index contributed by atoms with van der Waals surface area (Å²) in [7, 11) is 2.14. The van der Waals surface area contributed by atoms with Gasteiger partial charge in [0.15, 0.2) is 5.96 Å². The molecule has 0 unspecified atom stereocenters. The van der Waals surface area contributed by atoms with Crippen LogP contribution in [-0.4, -0.2) is 50.8 Å². The predicted octanol–water partition coefficient (Wildman–Crippen LogP) is 3.24. The number of aliphatic imine (C=N–C) groups is 1. The zero-order chi connectivity index (χ0) is 17.6. The third kappa shape index (κ3) is 11.4. The van der Waals surface area contributed by atoms with Crippen LogP contribution >= 0.6 is 24.0 Å². The van der Waals surface area contributed by atoms with E-state index in [1.165, 1.54) is 11.1 Å². The van der Waals surface area contributed by atoms with Crippen LogP contribution in [0.3, 0.4) is 0 Å². The molecule has 0 aliphatic heterocycles. The molecule has 0 saturated carbocycles. The first kappa shape index (κ1) is 24.1. The molecule has 0 aromatic heterocycles. The fraction of sp³-hybridized carbons (Fsp3) is 0.632. The summed E-state index contributed by atoms with van der Waals surface area (Å²) in [6.07, 6.45) is 0.983. The van der Waals surface area contributed by atoms with Crippen LogP contribution in [0.15, 0.2) is 29.3 Å². The quantitative estimate of drug-likeness (QED) is 0.230. The SMILES string of the molecule is CCNC(=NCc1cccc(CN(C)CC)c1)NCCCOCC.I. The number of halogens is 1. The van der Waals surface area contributed by atoms with Crippen LogP contribution < -0.4 is 10.6 Å². The van der Waals surface area contributed by atoms with Crippen LogP contribution in [-0.2, 0) is 17.8 Å². The van der Waals surface area contributed by atoms with E-state index in [2.05, 4.69) is 65.7 Å². The fourth-order valence-electron chi connectivity index (χ4n) is 2.29. The molecule has 1 rings (SSSR count). The van der Waals surface area contributed by atoms with Gasteiger partial charge in [-0.3, -0.25) is 0 Å². The maximum Gasteiger partial charge on any atom is 0.191 e. The fourth-order valence-corrected chi connectivity index (χ4v) is 2.29. The summed E-state index contributed by atoms with van der Waals surface area (Å²) in [5.74, 6) is 0.866. The van der Waals surface area contributed by atoms with Crippen LogP contribution in [0.2, 0.25) is 0 Å². The second kappa shape index (κ2) is 15.4. The number of hydrogen-bond donors (Lipinski definition) is 2. The third-order valence-corrected chi connectivity index (χ3v) is 3.71. The molecule has 0 bridgehead atoms. The van der Waals surface area contributed by atoms with Gasteiger partial charge in [0, 0.05) is 32.8 Å². The average molecular weight is 462 g/mol. The Balaban J connectivity index is 0.00000576. The Labute approximate surface area is 170 Å². The average Bonchev–Trinajstić information content (AvgIpc) is 2.59. The van der Waals surface area contributed by atoms with Crippen LogP contribution in [0.25, 0.3) is 0 Å². The number of rotatable bonds is 11. The number of hydrogen-bond acceptors (Lipinski definition) is 3. The first-order valence-electron chi connectivity index (χ1n) is 9.05. The molecule has 0 fully saturated rings. The molecule has 25 heavy (non-hydrogen) atoms. The molecule has 0 saturated heterocycles. The zero-order valence-corrected chi connectivity index (χ0v) is 18.5. The smallest absolute Gasteiger partial charge is 0.191 e. The van der Waals surface area contributed by atoms with Crippen molar-refractivity contribution in [2.24, 2.45) is 4.99 Å². The van der Waals surface area contributed by atoms with Crippen LogP contribution in [0.4, 0.5) is 0 Å². The Morgan fingerprint density at radius 3 is 2.60 bits per heavy atom. The lowest BCUT2D eigenvalue weighted by Crippen LogP contribution is -2.38. The van der Waals surface area contributed by atoms with Crippen molar-refractivity contribution in [1.82, 2.24) is 15.5 Å². The summed E-state index contributed by atoms with van der Waals surface area (Å²) < 4.78 is 5.35. The van der Waals surface area contributed by atoms with Crippen molar-refractivity contribution in [1.29, 1.82) is 0 Å². The number of nitrogens with zero attached hydrogens (tertiary/aromatic N) is 2. The number of ether oxygens (including phenoxy) is 1. The van der Waals surface area contributed by atoms with E-state index >= 15 is 0 Å². The van der Waals surface area contributed by atoms with E-state index in [1.807, 2.05) is 6.92 Å². The lowest BCUT2D eigenvalue weighted by molar-refractivity contribution is 0.145. The number of guanidine groups is 1. The minimum atomic E-state index is 0. The van der Waals surface area contributed by atoms with Crippen molar-refractivity contribution in [2.45, 2.75) is 40.3 Å². The Morgan fingerprint density at radius 2 is 1.92 bits per heavy atom. The Bertz CT molecular complexity index is 482. The Morgan fingerprint density at radius 1 is 1.16 bits per heavy atom. The molecule has 0 spiro atoms. The van der Waals surface area contributed by atoms with Gasteiger partial charge in [0.1, 0.15) is 0 Å². The second-order valence-electron chi connectivity index (χ2n) is 5.82. The second-order valence-corrected chi connectivity index (χ2v) is 5.82. The minimum Gasteiger partial charge on any atom is -0.382 e. The van der Waals surface area contributed by atoms with E-state index in [-0.39, 0.29) is 24.0 Å². The summed E-state index contributed by atoms with van der Waals surface area (Å²) in [4.78, 5) is 6.98. The van der Waals surface area contributed by atoms with Gasteiger partial charge in [-0.2, -0.15) is 0 Å². The first-order chi connectivity index (χ1) is 11.7. The van der Waals surface area contributed by atoms with Crippen molar-refractivity contribution in [2.75, 3.05) is 39.9 Å². The molecular formula is C19H35IN4O. The van der Waals surface area contributed by atoms with Gasteiger partial charge in [-0.15, -0.1) is 24.0 Å². The van der Waals surface area contributed by atoms with Crippen molar-refractivity contribution < 1.29 is 4.74 Å². The van der Waals surface area contributed by atoms with Gasteiger partial charge >= 0.3 is 0 Å². The molecule has 5 nitrogen and oxygen atoms in total. The highest BCUT2D eigenvalue weighted by Gasteiger charge is 2.01. The van der Waals surface area contributed by atoms with Crippen molar-refractivity contribution >= 4 is 29.9 Å². The van der Waals surface area contributed by atoms with Crippen LogP contribution in [0.1, 0.15) is 38.3 Å². The largest absolute Gasteiger partial charge is 0.382 e. The van der Waals surface area contributed by atoms with Crippen LogP contribution in [0, 0.1) is 0 Å². The maximum absolute atomic E-state index is 5.35. The number of nitrogens with one attached hydrogen (secondary N) is 2. The molecular weight excluding hydrogens is 427 g/mol. The van der Waals surface area contributed by atoms with Gasteiger partial charge in [0.25, 0.3) is 0 Å². The highest BCUT2D eigenvalue weighted by atomic mass is 127. The van der Waals surface area contributed by atoms with Crippen molar-refractivity contribution in [3.8, 4) is 0 Å². The van der Waals surface area contributed by atoms with Crippen LogP contribution in [0.5, 0.6) is 0 Å². The van der Waals surface area contributed by atoms with E-state index in [0.29, 0.717) is 6.54 Å². The summed E-state index contributed by atoms with van der Waals surface area (Å²) in [6, 6.07) is 8.68. The molecule has 0 atom stereocenters. The molecule has 0 heterocycles. The Hall–Kier alpha value is -0.860. The van der Waals surface area contributed by atoms with E-state index in [0.717, 1.165) is 51.8 Å². The van der Waals surface area contributed by atoms with E-state index < -0.39 is 0 Å². The summed E-state index contributed by atoms with van der Waals surface area (Å²) in [5, 5.41) is 6.65. The topological polar surface area (TPSA) is 48.9 Å². The molecule has 0 radical (unpaired) electrons. The normalized spacial score (nSPS) is 11.3. The van der Waals surface area contributed by atoms with Crippen molar-refractivity contribution in [3.63, 3.8) is 0 Å². The molecule has 2 N–H and O–H groups in total. The maximum atomic E-state index is 5.35. The lowest BCUT2D eigenvalue weighted by atomic mass is 10.1. The summed E-state index contributed by atoms with van der Waals surface area (Å²) >= 11 is 0. The molecule has 0 amide bonds. The highest BCUT2D eigenvalue weighted by Crippen LogP contribution is 2.08. The standard InChI is InChI=1S/C19H34N4O.HI/c1-5-20-19(21-12-9-13-24-7-3)22-15-17-10-8-11-18(14-17)16-23(4)6-2;/h8,10-11,14H,5-7,9,12-13,15-16H2,1-4H3,(H2,20,21,22);1H. The van der Waals surface area contributed by atoms with Gasteiger partial charge < -0.3 is 20.3 Å². The summed E-state index contributed by atoms with van der Waals surface area (Å²) in [5.41, 5.74) is 2.57. The van der Waals surface area contributed by atoms with E-state index in [9.17, 15) is 0 Å². The molecule has 0 aliphatic carbocycles. The van der Waals surface area contributed by atoms with Gasteiger partial charge in [-0.25, -0.2) is 4.99 Å². The van der Waals surface area contributed by atoms with Gasteiger partial charge in [0.05, 0.1) is 6.54 Å². The Kier molecular flexibility index (Phi) is 14.9. The molecule has 1 aromatic rings. The predicted molar refractivity (Wildman–Crippen MR) is 118 cm³/mol. The van der Waals surface area contributed by atoms with Gasteiger partial charge in [-0.05, 0) is 45.0 Å². The number of benzene rings is 1. The molecule has 1 aromatic carbocycles. The third-order valence-electron chi connectivity index (χ3n) is 3.71. The van der Waals surface area contributed by atoms with Gasteiger partial charge in [0.2, 0.25) is 0 Å². The van der Waals surface area contributed by atoms with E-state index in [4.69, 9.17) is 4.74 Å². The van der Waals surface area contributed by atoms with E-state index in [1.54, 1.807) is 0 Å². The molecule has 144 valence electrons. The zero-order valence-electron chi connectivity index (χ0n) is 16.2. The summed E-state index contributed by atoms with van der Waals surface area (Å²) in [6.45, 7) is 12.3.